The van der Waals surface area contributed by atoms with Crippen LogP contribution in [-0.2, 0) is 9.47 Å². The van der Waals surface area contributed by atoms with Gasteiger partial charge in [0.15, 0.2) is 0 Å². The first-order valence-electron chi connectivity index (χ1n) is 3.29. The van der Waals surface area contributed by atoms with Crippen LogP contribution in [0.15, 0.2) is 11.8 Å². The van der Waals surface area contributed by atoms with Crippen molar-refractivity contribution in [1.29, 1.82) is 0 Å². The van der Waals surface area contributed by atoms with E-state index in [9.17, 15) is 0 Å². The molecule has 1 fully saturated rings. The Balaban J connectivity index is 2.36. The Hall–Kier alpha value is -0.500. The van der Waals surface area contributed by atoms with Crippen LogP contribution in [-0.4, -0.2) is 19.8 Å². The van der Waals surface area contributed by atoms with Crippen LogP contribution in [0.2, 0.25) is 0 Å². The summed E-state index contributed by atoms with van der Waals surface area (Å²) in [6.45, 7) is 4.25. The third kappa shape index (κ3) is 2.06. The zero-order valence-electron chi connectivity index (χ0n) is 5.72. The molecule has 0 N–H and O–H groups in total. The lowest BCUT2D eigenvalue weighted by Gasteiger charge is -2.01. The molecule has 0 aromatic heterocycles. The summed E-state index contributed by atoms with van der Waals surface area (Å²) in [6.07, 6.45) is 2.96. The van der Waals surface area contributed by atoms with E-state index in [2.05, 4.69) is 0 Å². The number of hydrogen-bond acceptors (Lipinski definition) is 2. The molecular weight excluding hydrogens is 116 g/mol. The fourth-order valence-electron chi connectivity index (χ4n) is 0.745. The molecule has 0 saturated carbocycles. The minimum atomic E-state index is 0.649. The Morgan fingerprint density at radius 2 is 2.33 bits per heavy atom. The highest BCUT2D eigenvalue weighted by Gasteiger charge is 2.01. The fraction of sp³-hybridized carbons (Fsp3) is 0.714. The minimum absolute atomic E-state index is 0.649. The lowest BCUT2D eigenvalue weighted by atomic mass is 10.5. The normalized spacial score (nSPS) is 25.2. The predicted molar refractivity (Wildman–Crippen MR) is 35.1 cm³/mol. The first kappa shape index (κ1) is 6.62. The monoisotopic (exact) mass is 128 g/mol. The maximum atomic E-state index is 5.29. The third-order valence-corrected chi connectivity index (χ3v) is 1.29. The molecule has 0 aromatic carbocycles. The van der Waals surface area contributed by atoms with Crippen LogP contribution in [0, 0.1) is 0 Å². The fourth-order valence-corrected chi connectivity index (χ4v) is 0.745. The van der Waals surface area contributed by atoms with Gasteiger partial charge in [0.05, 0.1) is 13.2 Å². The van der Waals surface area contributed by atoms with Gasteiger partial charge < -0.3 is 9.47 Å². The van der Waals surface area contributed by atoms with Crippen molar-refractivity contribution >= 4 is 0 Å². The maximum Gasteiger partial charge on any atom is 0.117 e. The molecule has 0 radical (unpaired) electrons. The topological polar surface area (TPSA) is 18.5 Å². The van der Waals surface area contributed by atoms with Crippen molar-refractivity contribution in [2.45, 2.75) is 13.3 Å². The molecule has 1 aliphatic heterocycles. The zero-order valence-corrected chi connectivity index (χ0v) is 5.72. The van der Waals surface area contributed by atoms with Gasteiger partial charge >= 0.3 is 0 Å². The van der Waals surface area contributed by atoms with Crippen LogP contribution in [0.3, 0.4) is 0 Å². The van der Waals surface area contributed by atoms with Crippen LogP contribution >= 0.6 is 0 Å². The summed E-state index contributed by atoms with van der Waals surface area (Å²) in [5, 5.41) is 0. The lowest BCUT2D eigenvalue weighted by Crippen LogP contribution is -1.94. The van der Waals surface area contributed by atoms with Crippen LogP contribution in [0.1, 0.15) is 13.3 Å². The third-order valence-electron chi connectivity index (χ3n) is 1.29. The standard InChI is InChI=1S/C7H12O2/c1-2-7-6-8-4-3-5-9-7/h2H,3-6H2,1H3/b7-2+. The van der Waals surface area contributed by atoms with E-state index in [4.69, 9.17) is 9.47 Å². The number of ether oxygens (including phenoxy) is 2. The van der Waals surface area contributed by atoms with Gasteiger partial charge in [0.2, 0.25) is 0 Å². The van der Waals surface area contributed by atoms with Gasteiger partial charge in [0.1, 0.15) is 12.4 Å². The Labute approximate surface area is 55.5 Å². The number of allylic oxidation sites excluding steroid dienone is 1. The van der Waals surface area contributed by atoms with Crippen molar-refractivity contribution in [2.75, 3.05) is 19.8 Å². The van der Waals surface area contributed by atoms with Crippen molar-refractivity contribution in [1.82, 2.24) is 0 Å². The molecule has 52 valence electrons. The summed E-state index contributed by atoms with van der Waals surface area (Å²) in [7, 11) is 0. The second-order valence-corrected chi connectivity index (χ2v) is 2.01. The predicted octanol–water partition coefficient (Wildman–Crippen LogP) is 1.33. The Morgan fingerprint density at radius 1 is 1.44 bits per heavy atom. The summed E-state index contributed by atoms with van der Waals surface area (Å²) >= 11 is 0. The second-order valence-electron chi connectivity index (χ2n) is 2.01. The highest BCUT2D eigenvalue weighted by atomic mass is 16.5. The molecule has 0 atom stereocenters. The van der Waals surface area contributed by atoms with Gasteiger partial charge in [-0.2, -0.15) is 0 Å². The molecule has 0 aromatic rings. The van der Waals surface area contributed by atoms with Crippen LogP contribution in [0.5, 0.6) is 0 Å². The molecule has 0 unspecified atom stereocenters. The van der Waals surface area contributed by atoms with E-state index < -0.39 is 0 Å². The lowest BCUT2D eigenvalue weighted by molar-refractivity contribution is 0.152. The Kier molecular flexibility index (Phi) is 2.58. The number of rotatable bonds is 0. The van der Waals surface area contributed by atoms with E-state index in [1.807, 2.05) is 13.0 Å². The molecule has 2 heteroatoms. The Morgan fingerprint density at radius 3 is 3.11 bits per heavy atom. The van der Waals surface area contributed by atoms with Crippen molar-refractivity contribution in [2.24, 2.45) is 0 Å². The van der Waals surface area contributed by atoms with E-state index in [0.29, 0.717) is 6.61 Å². The van der Waals surface area contributed by atoms with E-state index in [1.54, 1.807) is 0 Å². The first-order chi connectivity index (χ1) is 4.43. The van der Waals surface area contributed by atoms with Crippen molar-refractivity contribution in [3.63, 3.8) is 0 Å². The Bertz CT molecular complexity index is 97.5. The second kappa shape index (κ2) is 3.51. The van der Waals surface area contributed by atoms with Crippen molar-refractivity contribution < 1.29 is 9.47 Å². The molecule has 0 bridgehead atoms. The van der Waals surface area contributed by atoms with E-state index in [0.717, 1.165) is 25.4 Å². The average molecular weight is 128 g/mol. The van der Waals surface area contributed by atoms with Gasteiger partial charge in [-0.25, -0.2) is 0 Å². The molecule has 1 aliphatic rings. The smallest absolute Gasteiger partial charge is 0.117 e. The molecule has 0 spiro atoms. The average Bonchev–Trinajstić information content (AvgIpc) is 2.13. The van der Waals surface area contributed by atoms with Gasteiger partial charge in [-0.3, -0.25) is 0 Å². The number of hydrogen-bond donors (Lipinski definition) is 0. The van der Waals surface area contributed by atoms with Crippen LogP contribution in [0.25, 0.3) is 0 Å². The van der Waals surface area contributed by atoms with Crippen LogP contribution in [0.4, 0.5) is 0 Å². The molecule has 2 nitrogen and oxygen atoms in total. The molecule has 9 heavy (non-hydrogen) atoms. The molecule has 0 aliphatic carbocycles. The van der Waals surface area contributed by atoms with Gasteiger partial charge in [-0.1, -0.05) is 0 Å². The zero-order chi connectivity index (χ0) is 6.53. The molecule has 1 heterocycles. The van der Waals surface area contributed by atoms with Crippen molar-refractivity contribution in [3.8, 4) is 0 Å². The molecule has 1 saturated heterocycles. The maximum absolute atomic E-state index is 5.29. The first-order valence-corrected chi connectivity index (χ1v) is 3.29. The van der Waals surface area contributed by atoms with E-state index in [-0.39, 0.29) is 0 Å². The largest absolute Gasteiger partial charge is 0.496 e. The quantitative estimate of drug-likeness (QED) is 0.490. The van der Waals surface area contributed by atoms with E-state index >= 15 is 0 Å². The molecule has 1 rings (SSSR count). The SMILES string of the molecule is C/C=C1\COCCCO1. The minimum Gasteiger partial charge on any atom is -0.496 e. The van der Waals surface area contributed by atoms with Gasteiger partial charge in [0, 0.05) is 6.42 Å². The molecular formula is C7H12O2. The summed E-state index contributed by atoms with van der Waals surface area (Å²) in [6, 6.07) is 0. The summed E-state index contributed by atoms with van der Waals surface area (Å²) in [4.78, 5) is 0. The van der Waals surface area contributed by atoms with Gasteiger partial charge in [-0.15, -0.1) is 0 Å². The summed E-state index contributed by atoms with van der Waals surface area (Å²) in [5.74, 6) is 0.965. The van der Waals surface area contributed by atoms with Gasteiger partial charge in [-0.05, 0) is 13.0 Å². The summed E-state index contributed by atoms with van der Waals surface area (Å²) in [5.41, 5.74) is 0. The highest BCUT2D eigenvalue weighted by Crippen LogP contribution is 2.03. The highest BCUT2D eigenvalue weighted by molar-refractivity contribution is 4.90. The van der Waals surface area contributed by atoms with Crippen molar-refractivity contribution in [3.05, 3.63) is 11.8 Å². The summed E-state index contributed by atoms with van der Waals surface area (Å²) < 4.78 is 10.5. The van der Waals surface area contributed by atoms with E-state index in [1.165, 1.54) is 0 Å². The molecule has 0 amide bonds. The van der Waals surface area contributed by atoms with Gasteiger partial charge in [0.25, 0.3) is 0 Å². The van der Waals surface area contributed by atoms with Crippen LogP contribution < -0.4 is 0 Å².